The first-order valence-corrected chi connectivity index (χ1v) is 9.40. The number of alkyl halides is 3. The van der Waals surface area contributed by atoms with E-state index < -0.39 is 33.2 Å². The summed E-state index contributed by atoms with van der Waals surface area (Å²) in [6, 6.07) is 9.02. The molecule has 0 radical (unpaired) electrons. The Morgan fingerprint density at radius 1 is 1.12 bits per heavy atom. The number of pyridine rings is 1. The summed E-state index contributed by atoms with van der Waals surface area (Å²) < 4.78 is 57.7. The summed E-state index contributed by atoms with van der Waals surface area (Å²) >= 11 is 0. The Morgan fingerprint density at radius 2 is 1.73 bits per heavy atom. The molecule has 3 nitrogen and oxygen atoms in total. The van der Waals surface area contributed by atoms with Gasteiger partial charge in [-0.1, -0.05) is 12.1 Å². The molecule has 142 valence electrons. The van der Waals surface area contributed by atoms with Gasteiger partial charge in [-0.05, 0) is 50.6 Å². The summed E-state index contributed by atoms with van der Waals surface area (Å²) in [5.74, 6) is -0.0871. The highest BCUT2D eigenvalue weighted by atomic mass is 32.2. The Kier molecular flexibility index (Phi) is 6.11. The lowest BCUT2D eigenvalue weighted by atomic mass is 9.93. The van der Waals surface area contributed by atoms with E-state index in [9.17, 15) is 17.4 Å². The third kappa shape index (κ3) is 4.84. The summed E-state index contributed by atoms with van der Waals surface area (Å²) in [5, 5.41) is 0. The Bertz CT molecular complexity index is 768. The second kappa shape index (κ2) is 7.78. The lowest BCUT2D eigenvalue weighted by Crippen LogP contribution is -2.28. The number of hydrogen-bond donors (Lipinski definition) is 0. The molecule has 0 aliphatic carbocycles. The van der Waals surface area contributed by atoms with E-state index >= 15 is 0 Å². The van der Waals surface area contributed by atoms with Crippen LogP contribution in [0.1, 0.15) is 43.5 Å². The largest absolute Gasteiger partial charge is 0.497 e. The van der Waals surface area contributed by atoms with Gasteiger partial charge in [-0.25, -0.2) is 0 Å². The van der Waals surface area contributed by atoms with E-state index in [-0.39, 0.29) is 11.4 Å². The van der Waals surface area contributed by atoms with Gasteiger partial charge in [0.1, 0.15) is 5.75 Å². The predicted molar refractivity (Wildman–Crippen MR) is 96.8 cm³/mol. The normalized spacial score (nSPS) is 14.7. The van der Waals surface area contributed by atoms with Crippen molar-refractivity contribution in [3.63, 3.8) is 0 Å². The van der Waals surface area contributed by atoms with Crippen LogP contribution in [0.5, 0.6) is 5.75 Å². The highest BCUT2D eigenvalue weighted by molar-refractivity contribution is 7.86. The molecule has 0 spiro atoms. The minimum atomic E-state index is -4.53. The molecular formula is C19H22F3NO2S. The monoisotopic (exact) mass is 385 g/mol. The molecule has 0 unspecified atom stereocenters. The van der Waals surface area contributed by atoms with E-state index in [1.165, 1.54) is 19.4 Å². The van der Waals surface area contributed by atoms with Crippen molar-refractivity contribution in [2.75, 3.05) is 12.9 Å². The van der Waals surface area contributed by atoms with Crippen molar-refractivity contribution in [2.24, 2.45) is 0 Å². The van der Waals surface area contributed by atoms with Crippen molar-refractivity contribution in [1.29, 1.82) is 0 Å². The first kappa shape index (κ1) is 20.4. The maximum Gasteiger partial charge on any atom is 0.418 e. The molecule has 7 heteroatoms. The zero-order valence-electron chi connectivity index (χ0n) is 15.1. The summed E-state index contributed by atoms with van der Waals surface area (Å²) in [6.45, 7) is 5.41. The third-order valence-corrected chi connectivity index (χ3v) is 6.00. The number of rotatable bonds is 5. The van der Waals surface area contributed by atoms with Crippen LogP contribution < -0.4 is 4.74 Å². The van der Waals surface area contributed by atoms with Crippen molar-refractivity contribution in [3.8, 4) is 5.75 Å². The topological polar surface area (TPSA) is 39.2 Å². The van der Waals surface area contributed by atoms with Gasteiger partial charge in [0.25, 0.3) is 0 Å². The van der Waals surface area contributed by atoms with Gasteiger partial charge in [0, 0.05) is 33.4 Å². The molecule has 1 heterocycles. The summed E-state index contributed by atoms with van der Waals surface area (Å²) in [7, 11) is 0.166. The van der Waals surface area contributed by atoms with E-state index in [0.29, 0.717) is 11.3 Å². The number of benzene rings is 1. The average Bonchev–Trinajstić information content (AvgIpc) is 2.58. The van der Waals surface area contributed by atoms with Crippen molar-refractivity contribution >= 4 is 10.8 Å². The van der Waals surface area contributed by atoms with E-state index in [1.54, 1.807) is 45.0 Å². The summed E-state index contributed by atoms with van der Waals surface area (Å²) in [5.41, 5.74) is -0.290. The fraction of sp³-hybridized carbons (Fsp3) is 0.421. The molecule has 26 heavy (non-hydrogen) atoms. The Labute approximate surface area is 154 Å². The molecule has 0 bridgehead atoms. The molecule has 1 aromatic carbocycles. The van der Waals surface area contributed by atoms with E-state index in [4.69, 9.17) is 4.74 Å². The first-order chi connectivity index (χ1) is 12.0. The SMILES string of the molecule is COc1ccc([C@H](C[S@@](=O)C(C)(C)C)c2ncccc2C(F)(F)F)cc1. The highest BCUT2D eigenvalue weighted by Gasteiger charge is 2.37. The minimum Gasteiger partial charge on any atom is -0.497 e. The van der Waals surface area contributed by atoms with Crippen LogP contribution in [0, 0.1) is 0 Å². The molecule has 1 aromatic heterocycles. The summed E-state index contributed by atoms with van der Waals surface area (Å²) in [6.07, 6.45) is -3.20. The second-order valence-electron chi connectivity index (χ2n) is 6.88. The standard InChI is InChI=1S/C19H22F3NO2S/c1-18(2,3)26(24)12-15(13-7-9-14(25-4)10-8-13)17-16(19(20,21)22)6-5-11-23-17/h5-11,15H,12H2,1-4H3/t15-,26+/m0/s1. The van der Waals surface area contributed by atoms with Gasteiger partial charge in [0.05, 0.1) is 18.4 Å². The van der Waals surface area contributed by atoms with Gasteiger partial charge in [-0.3, -0.25) is 9.19 Å². The first-order valence-electron chi connectivity index (χ1n) is 8.08. The number of aromatic nitrogens is 1. The zero-order valence-corrected chi connectivity index (χ0v) is 15.9. The molecule has 0 amide bonds. The molecule has 0 N–H and O–H groups in total. The van der Waals surface area contributed by atoms with Crippen molar-refractivity contribution in [1.82, 2.24) is 4.98 Å². The van der Waals surface area contributed by atoms with Gasteiger partial charge in [-0.2, -0.15) is 13.2 Å². The number of ether oxygens (including phenoxy) is 1. The van der Waals surface area contributed by atoms with E-state index in [2.05, 4.69) is 4.98 Å². The number of methoxy groups -OCH3 is 1. The van der Waals surface area contributed by atoms with Crippen molar-refractivity contribution < 1.29 is 22.1 Å². The van der Waals surface area contributed by atoms with Crippen LogP contribution in [0.3, 0.4) is 0 Å². The fourth-order valence-electron chi connectivity index (χ4n) is 2.51. The maximum absolute atomic E-state index is 13.5. The third-order valence-electron chi connectivity index (χ3n) is 3.99. The lowest BCUT2D eigenvalue weighted by Gasteiger charge is -2.25. The number of halogens is 3. The molecule has 0 saturated carbocycles. The van der Waals surface area contributed by atoms with Crippen LogP contribution in [0.25, 0.3) is 0 Å². The molecule has 0 saturated heterocycles. The van der Waals surface area contributed by atoms with Crippen molar-refractivity contribution in [3.05, 3.63) is 59.4 Å². The molecule has 0 fully saturated rings. The van der Waals surface area contributed by atoms with Gasteiger partial charge < -0.3 is 4.74 Å². The lowest BCUT2D eigenvalue weighted by molar-refractivity contribution is -0.138. The highest BCUT2D eigenvalue weighted by Crippen LogP contribution is 2.37. The van der Waals surface area contributed by atoms with Crippen LogP contribution in [0.2, 0.25) is 0 Å². The van der Waals surface area contributed by atoms with Crippen LogP contribution in [0.15, 0.2) is 42.6 Å². The average molecular weight is 385 g/mol. The van der Waals surface area contributed by atoms with Gasteiger partial charge in [0.2, 0.25) is 0 Å². The smallest absolute Gasteiger partial charge is 0.418 e. The van der Waals surface area contributed by atoms with Crippen LogP contribution in [-0.2, 0) is 17.0 Å². The fourth-order valence-corrected chi connectivity index (χ4v) is 3.66. The molecule has 0 aliphatic rings. The van der Waals surface area contributed by atoms with Crippen LogP contribution >= 0.6 is 0 Å². The Balaban J connectivity index is 2.56. The number of hydrogen-bond acceptors (Lipinski definition) is 3. The van der Waals surface area contributed by atoms with E-state index in [1.807, 2.05) is 0 Å². The van der Waals surface area contributed by atoms with Crippen LogP contribution in [-0.4, -0.2) is 26.8 Å². The molecule has 2 aromatic rings. The molecule has 2 rings (SSSR count). The Hall–Kier alpha value is -1.89. The minimum absolute atomic E-state index is 0.0515. The predicted octanol–water partition coefficient (Wildman–Crippen LogP) is 4.79. The quantitative estimate of drug-likeness (QED) is 0.743. The molecular weight excluding hydrogens is 363 g/mol. The summed E-state index contributed by atoms with van der Waals surface area (Å²) in [4.78, 5) is 4.01. The van der Waals surface area contributed by atoms with Crippen LogP contribution in [0.4, 0.5) is 13.2 Å². The Morgan fingerprint density at radius 3 is 2.23 bits per heavy atom. The van der Waals surface area contributed by atoms with Gasteiger partial charge in [0.15, 0.2) is 0 Å². The molecule has 0 aliphatic heterocycles. The zero-order chi connectivity index (χ0) is 19.5. The maximum atomic E-state index is 13.5. The second-order valence-corrected chi connectivity index (χ2v) is 9.13. The van der Waals surface area contributed by atoms with Gasteiger partial charge in [-0.15, -0.1) is 0 Å². The number of nitrogens with zero attached hydrogens (tertiary/aromatic N) is 1. The van der Waals surface area contributed by atoms with Gasteiger partial charge >= 0.3 is 6.18 Å². The van der Waals surface area contributed by atoms with Crippen molar-refractivity contribution in [2.45, 2.75) is 37.6 Å². The van der Waals surface area contributed by atoms with E-state index in [0.717, 1.165) is 6.07 Å². The molecule has 2 atom stereocenters.